The van der Waals surface area contributed by atoms with Gasteiger partial charge in [0.05, 0.1) is 6.54 Å². The van der Waals surface area contributed by atoms with Crippen molar-refractivity contribution in [2.45, 2.75) is 13.5 Å². The summed E-state index contributed by atoms with van der Waals surface area (Å²) in [4.78, 5) is 12.1. The Balaban J connectivity index is 1.59. The second-order valence-corrected chi connectivity index (χ2v) is 6.55. The summed E-state index contributed by atoms with van der Waals surface area (Å²) in [5.74, 6) is 0.756. The van der Waals surface area contributed by atoms with Gasteiger partial charge in [0.15, 0.2) is 12.4 Å². The van der Waals surface area contributed by atoms with Crippen molar-refractivity contribution in [3.05, 3.63) is 75.9 Å². The molecule has 26 heavy (non-hydrogen) atoms. The van der Waals surface area contributed by atoms with E-state index in [1.54, 1.807) is 35.0 Å². The summed E-state index contributed by atoms with van der Waals surface area (Å²) in [6.07, 6.45) is 0. The Labute approximate surface area is 161 Å². The first-order valence-electron chi connectivity index (χ1n) is 7.97. The number of rotatable bonds is 6. The van der Waals surface area contributed by atoms with E-state index in [2.05, 4.69) is 10.4 Å². The quantitative estimate of drug-likeness (QED) is 0.671. The first-order valence-corrected chi connectivity index (χ1v) is 8.73. The fourth-order valence-electron chi connectivity index (χ4n) is 2.38. The lowest BCUT2D eigenvalue weighted by atomic mass is 10.2. The van der Waals surface area contributed by atoms with Gasteiger partial charge in [-0.15, -0.1) is 0 Å². The molecule has 3 rings (SSSR count). The minimum absolute atomic E-state index is 0.113. The summed E-state index contributed by atoms with van der Waals surface area (Å²) in [6, 6.07) is 16.2. The number of carbonyl (C=O) groups is 1. The zero-order chi connectivity index (χ0) is 18.5. The smallest absolute Gasteiger partial charge is 0.263 e. The third-order valence-electron chi connectivity index (χ3n) is 3.71. The van der Waals surface area contributed by atoms with Gasteiger partial charge in [0.1, 0.15) is 5.75 Å². The van der Waals surface area contributed by atoms with Gasteiger partial charge in [-0.25, -0.2) is 0 Å². The number of ether oxygens (including phenoxy) is 1. The van der Waals surface area contributed by atoms with Crippen LogP contribution in [0.5, 0.6) is 5.75 Å². The summed E-state index contributed by atoms with van der Waals surface area (Å²) in [7, 11) is 0. The Morgan fingerprint density at radius 1 is 1.15 bits per heavy atom. The molecule has 0 aliphatic heterocycles. The van der Waals surface area contributed by atoms with E-state index < -0.39 is 0 Å². The van der Waals surface area contributed by atoms with Crippen LogP contribution in [0.15, 0.2) is 54.6 Å². The fraction of sp³-hybridized carbons (Fsp3) is 0.158. The van der Waals surface area contributed by atoms with Gasteiger partial charge in [-0.1, -0.05) is 41.4 Å². The molecule has 1 amide bonds. The van der Waals surface area contributed by atoms with Gasteiger partial charge in [0, 0.05) is 21.8 Å². The van der Waals surface area contributed by atoms with Crippen molar-refractivity contribution in [1.82, 2.24) is 9.78 Å². The number of nitrogens with zero attached hydrogens (tertiary/aromatic N) is 2. The van der Waals surface area contributed by atoms with E-state index in [4.69, 9.17) is 27.9 Å². The number of nitrogens with one attached hydrogen (secondary N) is 1. The molecule has 0 spiro atoms. The molecule has 0 aliphatic rings. The van der Waals surface area contributed by atoms with Crippen LogP contribution in [0.1, 0.15) is 11.3 Å². The second kappa shape index (κ2) is 8.25. The lowest BCUT2D eigenvalue weighted by molar-refractivity contribution is -0.118. The van der Waals surface area contributed by atoms with Gasteiger partial charge in [-0.3, -0.25) is 9.48 Å². The maximum absolute atomic E-state index is 12.1. The van der Waals surface area contributed by atoms with Crippen LogP contribution in [0.2, 0.25) is 10.0 Å². The van der Waals surface area contributed by atoms with Crippen LogP contribution in [0.3, 0.4) is 0 Å². The number of benzene rings is 2. The standard InChI is InChI=1S/C19H17Cl2N3O2/c1-13-10-18(23-24(13)11-14-4-2-3-5-17(14)21)22-19(25)12-26-16-8-6-15(20)7-9-16/h2-10H,11-12H2,1H3,(H,22,23,25). The summed E-state index contributed by atoms with van der Waals surface area (Å²) >= 11 is 12.0. The molecule has 0 radical (unpaired) electrons. The first kappa shape index (κ1) is 18.3. The predicted octanol–water partition coefficient (Wildman–Crippen LogP) is 4.56. The molecule has 1 heterocycles. The van der Waals surface area contributed by atoms with Crippen LogP contribution in [0.25, 0.3) is 0 Å². The average Bonchev–Trinajstić information content (AvgIpc) is 2.95. The first-order chi connectivity index (χ1) is 12.5. The van der Waals surface area contributed by atoms with E-state index in [0.29, 0.717) is 28.2 Å². The van der Waals surface area contributed by atoms with E-state index in [9.17, 15) is 4.79 Å². The maximum Gasteiger partial charge on any atom is 0.263 e. The van der Waals surface area contributed by atoms with Crippen LogP contribution < -0.4 is 10.1 Å². The molecule has 0 saturated heterocycles. The maximum atomic E-state index is 12.1. The SMILES string of the molecule is Cc1cc(NC(=O)COc2ccc(Cl)cc2)nn1Cc1ccccc1Cl. The molecule has 134 valence electrons. The molecule has 0 saturated carbocycles. The summed E-state index contributed by atoms with van der Waals surface area (Å²) in [5.41, 5.74) is 1.88. The highest BCUT2D eigenvalue weighted by molar-refractivity contribution is 6.31. The molecule has 1 N–H and O–H groups in total. The molecule has 0 bridgehead atoms. The Morgan fingerprint density at radius 3 is 2.62 bits per heavy atom. The zero-order valence-corrected chi connectivity index (χ0v) is 15.6. The minimum atomic E-state index is -0.289. The van der Waals surface area contributed by atoms with Crippen LogP contribution in [0.4, 0.5) is 5.82 Å². The molecule has 5 nitrogen and oxygen atoms in total. The topological polar surface area (TPSA) is 56.1 Å². The molecule has 7 heteroatoms. The number of amides is 1. The van der Waals surface area contributed by atoms with Crippen molar-refractivity contribution >= 4 is 34.9 Å². The molecule has 0 fully saturated rings. The minimum Gasteiger partial charge on any atom is -0.484 e. The molecular weight excluding hydrogens is 373 g/mol. The Bertz CT molecular complexity index is 907. The van der Waals surface area contributed by atoms with Crippen molar-refractivity contribution in [3.8, 4) is 5.75 Å². The molecule has 0 atom stereocenters. The molecule has 0 aliphatic carbocycles. The van der Waals surface area contributed by atoms with E-state index in [1.807, 2.05) is 31.2 Å². The third kappa shape index (κ3) is 4.77. The molecular formula is C19H17Cl2N3O2. The van der Waals surface area contributed by atoms with Crippen LogP contribution >= 0.6 is 23.2 Å². The van der Waals surface area contributed by atoms with Crippen molar-refractivity contribution in [2.24, 2.45) is 0 Å². The predicted molar refractivity (Wildman–Crippen MR) is 103 cm³/mol. The van der Waals surface area contributed by atoms with Crippen molar-refractivity contribution in [1.29, 1.82) is 0 Å². The van der Waals surface area contributed by atoms with Crippen LogP contribution in [-0.2, 0) is 11.3 Å². The largest absolute Gasteiger partial charge is 0.484 e. The lowest BCUT2D eigenvalue weighted by Crippen LogP contribution is -2.20. The van der Waals surface area contributed by atoms with E-state index in [0.717, 1.165) is 11.3 Å². The highest BCUT2D eigenvalue weighted by Gasteiger charge is 2.10. The molecule has 3 aromatic rings. The number of carbonyl (C=O) groups excluding carboxylic acids is 1. The number of aryl methyl sites for hydroxylation is 1. The second-order valence-electron chi connectivity index (χ2n) is 5.71. The molecule has 0 unspecified atom stereocenters. The monoisotopic (exact) mass is 389 g/mol. The molecule has 1 aromatic heterocycles. The fourth-order valence-corrected chi connectivity index (χ4v) is 2.70. The highest BCUT2D eigenvalue weighted by atomic mass is 35.5. The summed E-state index contributed by atoms with van der Waals surface area (Å²) in [5, 5.41) is 8.43. The average molecular weight is 390 g/mol. The highest BCUT2D eigenvalue weighted by Crippen LogP contribution is 2.18. The van der Waals surface area contributed by atoms with E-state index in [1.165, 1.54) is 0 Å². The Morgan fingerprint density at radius 2 is 1.88 bits per heavy atom. The van der Waals surface area contributed by atoms with E-state index in [-0.39, 0.29) is 12.5 Å². The van der Waals surface area contributed by atoms with Crippen LogP contribution in [-0.4, -0.2) is 22.3 Å². The van der Waals surface area contributed by atoms with Gasteiger partial charge in [0.2, 0.25) is 0 Å². The van der Waals surface area contributed by atoms with Crippen LogP contribution in [0, 0.1) is 6.92 Å². The van der Waals surface area contributed by atoms with Gasteiger partial charge >= 0.3 is 0 Å². The molecule has 2 aromatic carbocycles. The normalized spacial score (nSPS) is 10.6. The number of hydrogen-bond acceptors (Lipinski definition) is 3. The number of halogens is 2. The van der Waals surface area contributed by atoms with Gasteiger partial charge in [0.25, 0.3) is 5.91 Å². The Hall–Kier alpha value is -2.50. The van der Waals surface area contributed by atoms with Crippen molar-refractivity contribution < 1.29 is 9.53 Å². The van der Waals surface area contributed by atoms with Gasteiger partial charge in [-0.2, -0.15) is 5.10 Å². The van der Waals surface area contributed by atoms with Gasteiger partial charge in [-0.05, 0) is 42.8 Å². The van der Waals surface area contributed by atoms with Crippen molar-refractivity contribution in [2.75, 3.05) is 11.9 Å². The van der Waals surface area contributed by atoms with Crippen molar-refractivity contribution in [3.63, 3.8) is 0 Å². The van der Waals surface area contributed by atoms with E-state index >= 15 is 0 Å². The third-order valence-corrected chi connectivity index (χ3v) is 4.33. The number of anilines is 1. The number of aromatic nitrogens is 2. The number of hydrogen-bond donors (Lipinski definition) is 1. The van der Waals surface area contributed by atoms with Gasteiger partial charge < -0.3 is 10.1 Å². The Kier molecular flexibility index (Phi) is 5.81. The lowest BCUT2D eigenvalue weighted by Gasteiger charge is -2.07. The summed E-state index contributed by atoms with van der Waals surface area (Å²) < 4.78 is 7.21. The summed E-state index contributed by atoms with van der Waals surface area (Å²) in [6.45, 7) is 2.34. The zero-order valence-electron chi connectivity index (χ0n) is 14.1.